The molecular formula is H3CoCuNiSb. The molecule has 0 rings (SSSR count). The van der Waals surface area contributed by atoms with Gasteiger partial charge >= 0.3 is 24.4 Å². The third-order valence-electron chi connectivity index (χ3n) is 0. The molecule has 0 fully saturated rings. The van der Waals surface area contributed by atoms with E-state index in [0.29, 0.717) is 0 Å². The molecular weight excluding hydrogens is 303 g/mol. The molecule has 0 amide bonds. The monoisotopic (exact) mass is 304 g/mol. The maximum absolute atomic E-state index is 0. The Labute approximate surface area is 73.9 Å². The van der Waals surface area contributed by atoms with Crippen LogP contribution in [-0.4, -0.2) is 24.4 Å². The van der Waals surface area contributed by atoms with Crippen molar-refractivity contribution in [3.05, 3.63) is 0 Å². The standard InChI is InChI=1S/Co.Cu.Ni.Sb.3H. The van der Waals surface area contributed by atoms with E-state index in [4.69, 9.17) is 0 Å². The zero-order valence-corrected chi connectivity index (χ0v) is 8.66. The minimum absolute atomic E-state index is 0. The molecule has 0 N–H and O–H groups in total. The summed E-state index contributed by atoms with van der Waals surface area (Å²) >= 11 is 0. The van der Waals surface area contributed by atoms with Gasteiger partial charge in [0.25, 0.3) is 0 Å². The summed E-state index contributed by atoms with van der Waals surface area (Å²) in [6.45, 7) is 0. The summed E-state index contributed by atoms with van der Waals surface area (Å²) in [7, 11) is 0. The minimum atomic E-state index is 0. The van der Waals surface area contributed by atoms with Gasteiger partial charge in [0.15, 0.2) is 0 Å². The van der Waals surface area contributed by atoms with Gasteiger partial charge in [0, 0.05) is 50.3 Å². The predicted octanol–water partition coefficient (Wildman–Crippen LogP) is -1.19. The Morgan fingerprint density at radius 3 is 1.00 bits per heavy atom. The first kappa shape index (κ1) is 33.0. The molecule has 0 aliphatic heterocycles. The summed E-state index contributed by atoms with van der Waals surface area (Å²) in [4.78, 5) is 0. The number of rotatable bonds is 0. The van der Waals surface area contributed by atoms with Crippen LogP contribution in [0.5, 0.6) is 0 Å². The molecule has 4 heavy (non-hydrogen) atoms. The zero-order chi connectivity index (χ0) is 0. The molecule has 0 aliphatic rings. The van der Waals surface area contributed by atoms with Crippen molar-refractivity contribution in [1.82, 2.24) is 0 Å². The van der Waals surface area contributed by atoms with Gasteiger partial charge in [0.05, 0.1) is 0 Å². The van der Waals surface area contributed by atoms with Crippen LogP contribution in [0, 0.1) is 0 Å². The fourth-order valence-corrected chi connectivity index (χ4v) is 0. The first-order chi connectivity index (χ1) is 0. The van der Waals surface area contributed by atoms with E-state index in [2.05, 4.69) is 0 Å². The molecule has 0 nitrogen and oxygen atoms in total. The van der Waals surface area contributed by atoms with E-state index in [0.717, 1.165) is 0 Å². The van der Waals surface area contributed by atoms with Crippen LogP contribution in [0.2, 0.25) is 0 Å². The van der Waals surface area contributed by atoms with Crippen molar-refractivity contribution >= 4 is 24.4 Å². The molecule has 0 atom stereocenters. The fraction of sp³-hybridized carbons (Fsp3) is 0. The maximum atomic E-state index is 0. The van der Waals surface area contributed by atoms with Gasteiger partial charge in [-0.15, -0.1) is 0 Å². The van der Waals surface area contributed by atoms with E-state index in [1.807, 2.05) is 0 Å². The van der Waals surface area contributed by atoms with E-state index < -0.39 is 0 Å². The average molecular weight is 306 g/mol. The van der Waals surface area contributed by atoms with Gasteiger partial charge in [-0.2, -0.15) is 0 Å². The molecule has 0 aliphatic carbocycles. The van der Waals surface area contributed by atoms with Crippen LogP contribution in [0.25, 0.3) is 0 Å². The SMILES string of the molecule is [Co].[Cu].[Ni].[SbH3]. The predicted molar refractivity (Wildman–Crippen MR) is 9.94 cm³/mol. The molecule has 2 radical (unpaired) electrons. The van der Waals surface area contributed by atoms with Crippen molar-refractivity contribution in [3.8, 4) is 0 Å². The summed E-state index contributed by atoms with van der Waals surface area (Å²) in [6.07, 6.45) is 0. The summed E-state index contributed by atoms with van der Waals surface area (Å²) in [5, 5.41) is 0. The molecule has 0 aromatic heterocycles. The van der Waals surface area contributed by atoms with Crippen LogP contribution < -0.4 is 0 Å². The van der Waals surface area contributed by atoms with Gasteiger partial charge in [0.2, 0.25) is 0 Å². The van der Waals surface area contributed by atoms with Crippen molar-refractivity contribution in [3.63, 3.8) is 0 Å². The second-order valence-corrected chi connectivity index (χ2v) is 0. The van der Waals surface area contributed by atoms with Crippen LogP contribution in [-0.2, 0) is 50.3 Å². The molecule has 38 valence electrons. The van der Waals surface area contributed by atoms with E-state index in [1.165, 1.54) is 0 Å². The Morgan fingerprint density at radius 1 is 1.00 bits per heavy atom. The Hall–Kier alpha value is 2.34. The summed E-state index contributed by atoms with van der Waals surface area (Å²) in [6, 6.07) is 0. The molecule has 0 unspecified atom stereocenters. The molecule has 4 heteroatoms. The zero-order valence-electron chi connectivity index (χ0n) is 1.66. The molecule has 0 heterocycles. The van der Waals surface area contributed by atoms with Crippen LogP contribution >= 0.6 is 0 Å². The first-order valence-electron chi connectivity index (χ1n) is 0. The third-order valence-corrected chi connectivity index (χ3v) is 0. The summed E-state index contributed by atoms with van der Waals surface area (Å²) < 4.78 is 0. The topological polar surface area (TPSA) is 0 Å². The van der Waals surface area contributed by atoms with Crippen molar-refractivity contribution < 1.29 is 50.3 Å². The number of hydrogen-bond acceptors (Lipinski definition) is 0. The Kier molecular flexibility index (Phi) is 152. The van der Waals surface area contributed by atoms with Crippen molar-refractivity contribution in [1.29, 1.82) is 0 Å². The second-order valence-electron chi connectivity index (χ2n) is 0. The fourth-order valence-electron chi connectivity index (χ4n) is 0. The van der Waals surface area contributed by atoms with Crippen molar-refractivity contribution in [2.24, 2.45) is 0 Å². The van der Waals surface area contributed by atoms with E-state index >= 15 is 0 Å². The average Bonchev–Trinajstić information content (AvgIpc) is 0. The number of hydrogen-bond donors (Lipinski definition) is 0. The quantitative estimate of drug-likeness (QED) is 0.494. The summed E-state index contributed by atoms with van der Waals surface area (Å²) in [5.74, 6) is 0. The van der Waals surface area contributed by atoms with Gasteiger partial charge in [-0.05, 0) is 0 Å². The molecule has 0 aromatic rings. The van der Waals surface area contributed by atoms with E-state index in [1.54, 1.807) is 0 Å². The van der Waals surface area contributed by atoms with E-state index in [-0.39, 0.29) is 74.8 Å². The van der Waals surface area contributed by atoms with Gasteiger partial charge in [-0.3, -0.25) is 0 Å². The molecule has 0 saturated carbocycles. The van der Waals surface area contributed by atoms with Gasteiger partial charge < -0.3 is 0 Å². The van der Waals surface area contributed by atoms with Crippen molar-refractivity contribution in [2.45, 2.75) is 0 Å². The van der Waals surface area contributed by atoms with Crippen LogP contribution in [0.15, 0.2) is 0 Å². The Balaban J connectivity index is 0. The van der Waals surface area contributed by atoms with E-state index in [9.17, 15) is 0 Å². The van der Waals surface area contributed by atoms with Crippen molar-refractivity contribution in [2.75, 3.05) is 0 Å². The molecule has 0 saturated heterocycles. The van der Waals surface area contributed by atoms with Gasteiger partial charge in [0.1, 0.15) is 0 Å². The third kappa shape index (κ3) is 8.84. The molecule has 0 bridgehead atoms. The van der Waals surface area contributed by atoms with Crippen LogP contribution in [0.1, 0.15) is 0 Å². The molecule has 0 spiro atoms. The van der Waals surface area contributed by atoms with Crippen LogP contribution in [0.4, 0.5) is 0 Å². The summed E-state index contributed by atoms with van der Waals surface area (Å²) in [5.41, 5.74) is 0. The normalized spacial score (nSPS) is 0. The second kappa shape index (κ2) is 18.4. The van der Waals surface area contributed by atoms with Gasteiger partial charge in [-0.1, -0.05) is 0 Å². The Bertz CT molecular complexity index is 8.00. The Morgan fingerprint density at radius 2 is 1.00 bits per heavy atom. The van der Waals surface area contributed by atoms with Gasteiger partial charge in [-0.25, -0.2) is 0 Å². The first-order valence-corrected chi connectivity index (χ1v) is 0. The molecule has 0 aromatic carbocycles. The van der Waals surface area contributed by atoms with Crippen LogP contribution in [0.3, 0.4) is 0 Å².